The molecule has 0 radical (unpaired) electrons. The van der Waals surface area contributed by atoms with Gasteiger partial charge in [0.1, 0.15) is 11.6 Å². The first kappa shape index (κ1) is 10.1. The van der Waals surface area contributed by atoms with Crippen LogP contribution in [0.4, 0.5) is 5.82 Å². The molecular formula is C8H10N4O2. The molecule has 0 spiro atoms. The first-order chi connectivity index (χ1) is 6.60. The molecule has 0 aliphatic carbocycles. The van der Waals surface area contributed by atoms with E-state index in [1.807, 2.05) is 6.07 Å². The number of nitrogens with two attached hydrogens (primary N) is 1. The molecule has 0 bridgehead atoms. The topological polar surface area (TPSA) is 93.9 Å². The highest BCUT2D eigenvalue weighted by Gasteiger charge is 2.14. The summed E-state index contributed by atoms with van der Waals surface area (Å²) in [6, 6.07) is 1.88. The van der Waals surface area contributed by atoms with Crippen LogP contribution in [0, 0.1) is 18.3 Å². The fourth-order valence-electron chi connectivity index (χ4n) is 0.890. The second kappa shape index (κ2) is 3.79. The minimum absolute atomic E-state index is 0.0480. The lowest BCUT2D eigenvalue weighted by molar-refractivity contribution is -0.145. The molecule has 0 fully saturated rings. The average molecular weight is 194 g/mol. The molecule has 0 atom stereocenters. The van der Waals surface area contributed by atoms with E-state index in [1.165, 1.54) is 0 Å². The SMILES string of the molecule is CCC(=O)On1nc(C)c(C#N)c1N. The first-order valence-electron chi connectivity index (χ1n) is 4.06. The maximum Gasteiger partial charge on any atom is 0.334 e. The third kappa shape index (κ3) is 1.66. The van der Waals surface area contributed by atoms with Gasteiger partial charge in [0.05, 0.1) is 5.69 Å². The Labute approximate surface area is 80.8 Å². The van der Waals surface area contributed by atoms with Gasteiger partial charge in [0.2, 0.25) is 0 Å². The van der Waals surface area contributed by atoms with Crippen LogP contribution < -0.4 is 10.6 Å². The van der Waals surface area contributed by atoms with E-state index in [0.717, 1.165) is 4.85 Å². The highest BCUT2D eigenvalue weighted by atomic mass is 16.7. The van der Waals surface area contributed by atoms with Crippen molar-refractivity contribution < 1.29 is 9.63 Å². The maximum absolute atomic E-state index is 10.9. The molecule has 1 aromatic rings. The van der Waals surface area contributed by atoms with E-state index < -0.39 is 5.97 Å². The number of nitrogen functional groups attached to an aromatic ring is 1. The fraction of sp³-hybridized carbons (Fsp3) is 0.375. The predicted octanol–water partition coefficient (Wildman–Crippen LogP) is 0.0106. The van der Waals surface area contributed by atoms with Gasteiger partial charge in [0, 0.05) is 6.42 Å². The third-order valence-electron chi connectivity index (χ3n) is 1.65. The number of nitriles is 1. The number of aryl methyl sites for hydroxylation is 1. The number of aromatic nitrogens is 2. The summed E-state index contributed by atoms with van der Waals surface area (Å²) in [7, 11) is 0. The molecule has 0 aromatic carbocycles. The van der Waals surface area contributed by atoms with Crippen LogP contribution in [0.1, 0.15) is 24.6 Å². The van der Waals surface area contributed by atoms with Crippen molar-refractivity contribution in [2.24, 2.45) is 0 Å². The number of rotatable bonds is 2. The van der Waals surface area contributed by atoms with Crippen LogP contribution >= 0.6 is 0 Å². The molecule has 6 nitrogen and oxygen atoms in total. The Balaban J connectivity index is 3.01. The van der Waals surface area contributed by atoms with E-state index in [0.29, 0.717) is 5.69 Å². The second-order valence-electron chi connectivity index (χ2n) is 2.65. The van der Waals surface area contributed by atoms with Crippen molar-refractivity contribution in [2.45, 2.75) is 20.3 Å². The van der Waals surface area contributed by atoms with Crippen molar-refractivity contribution in [1.82, 2.24) is 9.94 Å². The number of carbonyl (C=O) groups is 1. The highest BCUT2D eigenvalue weighted by molar-refractivity contribution is 5.69. The summed E-state index contributed by atoms with van der Waals surface area (Å²) in [5.41, 5.74) is 6.19. The van der Waals surface area contributed by atoms with Gasteiger partial charge < -0.3 is 10.6 Å². The van der Waals surface area contributed by atoms with E-state index in [1.54, 1.807) is 13.8 Å². The van der Waals surface area contributed by atoms with Crippen molar-refractivity contribution in [2.75, 3.05) is 5.73 Å². The molecular weight excluding hydrogens is 184 g/mol. The van der Waals surface area contributed by atoms with Crippen molar-refractivity contribution in [3.8, 4) is 6.07 Å². The molecule has 0 saturated heterocycles. The Morgan fingerprint density at radius 1 is 1.79 bits per heavy atom. The molecule has 2 N–H and O–H groups in total. The lowest BCUT2D eigenvalue weighted by Crippen LogP contribution is -2.21. The number of hydrogen-bond acceptors (Lipinski definition) is 5. The maximum atomic E-state index is 10.9. The van der Waals surface area contributed by atoms with Crippen molar-refractivity contribution >= 4 is 11.8 Å². The van der Waals surface area contributed by atoms with Crippen LogP contribution in [-0.4, -0.2) is 15.9 Å². The van der Waals surface area contributed by atoms with Crippen LogP contribution in [0.15, 0.2) is 0 Å². The largest absolute Gasteiger partial charge is 0.380 e. The van der Waals surface area contributed by atoms with E-state index in [4.69, 9.17) is 15.8 Å². The molecule has 0 unspecified atom stereocenters. The monoisotopic (exact) mass is 194 g/mol. The van der Waals surface area contributed by atoms with Crippen molar-refractivity contribution in [1.29, 1.82) is 5.26 Å². The second-order valence-corrected chi connectivity index (χ2v) is 2.65. The summed E-state index contributed by atoms with van der Waals surface area (Å²) in [4.78, 5) is 16.5. The van der Waals surface area contributed by atoms with Gasteiger partial charge in [-0.3, -0.25) is 0 Å². The van der Waals surface area contributed by atoms with E-state index >= 15 is 0 Å². The smallest absolute Gasteiger partial charge is 0.334 e. The summed E-state index contributed by atoms with van der Waals surface area (Å²) >= 11 is 0. The Kier molecular flexibility index (Phi) is 2.72. The molecule has 74 valence electrons. The van der Waals surface area contributed by atoms with Gasteiger partial charge >= 0.3 is 5.97 Å². The Morgan fingerprint density at radius 3 is 2.86 bits per heavy atom. The normalized spacial score (nSPS) is 9.50. The summed E-state index contributed by atoms with van der Waals surface area (Å²) in [5.74, 6) is -0.407. The van der Waals surface area contributed by atoms with Gasteiger partial charge in [-0.1, -0.05) is 11.8 Å². The molecule has 0 amide bonds. The molecule has 0 saturated carbocycles. The zero-order valence-electron chi connectivity index (χ0n) is 7.94. The lowest BCUT2D eigenvalue weighted by atomic mass is 10.3. The predicted molar refractivity (Wildman–Crippen MR) is 48.0 cm³/mol. The summed E-state index contributed by atoms with van der Waals surface area (Å²) in [6.07, 6.45) is 0.222. The van der Waals surface area contributed by atoms with E-state index in [-0.39, 0.29) is 17.8 Å². The first-order valence-corrected chi connectivity index (χ1v) is 4.06. The molecule has 1 aromatic heterocycles. The summed E-state index contributed by atoms with van der Waals surface area (Å²) in [5, 5.41) is 12.5. The van der Waals surface area contributed by atoms with Gasteiger partial charge in [-0.05, 0) is 6.92 Å². The highest BCUT2D eigenvalue weighted by Crippen LogP contribution is 2.13. The third-order valence-corrected chi connectivity index (χ3v) is 1.65. The Bertz CT molecular complexity index is 402. The number of carbonyl (C=O) groups excluding carboxylic acids is 1. The molecule has 1 rings (SSSR count). The Morgan fingerprint density at radius 2 is 2.43 bits per heavy atom. The average Bonchev–Trinajstić information content (AvgIpc) is 2.42. The van der Waals surface area contributed by atoms with Gasteiger partial charge in [-0.2, -0.15) is 5.26 Å². The Hall–Kier alpha value is -2.03. The van der Waals surface area contributed by atoms with Crippen LogP contribution in [-0.2, 0) is 4.79 Å². The van der Waals surface area contributed by atoms with Crippen molar-refractivity contribution in [3.63, 3.8) is 0 Å². The zero-order valence-corrected chi connectivity index (χ0v) is 7.94. The fourth-order valence-corrected chi connectivity index (χ4v) is 0.890. The van der Waals surface area contributed by atoms with Crippen molar-refractivity contribution in [3.05, 3.63) is 11.3 Å². The number of nitrogens with zero attached hydrogens (tertiary/aromatic N) is 3. The number of anilines is 1. The minimum Gasteiger partial charge on any atom is -0.380 e. The minimum atomic E-state index is -0.455. The standard InChI is InChI=1S/C8H10N4O2/c1-3-7(13)14-12-8(10)6(4-9)5(2)11-12/h3,10H2,1-2H3. The van der Waals surface area contributed by atoms with Gasteiger partial charge in [0.25, 0.3) is 0 Å². The zero-order chi connectivity index (χ0) is 10.7. The summed E-state index contributed by atoms with van der Waals surface area (Å²) < 4.78 is 0. The van der Waals surface area contributed by atoms with Gasteiger partial charge in [-0.25, -0.2) is 4.79 Å². The molecule has 0 aliphatic heterocycles. The van der Waals surface area contributed by atoms with E-state index in [2.05, 4.69) is 5.10 Å². The lowest BCUT2D eigenvalue weighted by Gasteiger charge is -2.01. The van der Waals surface area contributed by atoms with Gasteiger partial charge in [-0.15, -0.1) is 5.10 Å². The molecule has 1 heterocycles. The number of hydrogen-bond donors (Lipinski definition) is 1. The molecule has 14 heavy (non-hydrogen) atoms. The van der Waals surface area contributed by atoms with Gasteiger partial charge in [0.15, 0.2) is 5.82 Å². The molecule has 6 heteroatoms. The molecule has 0 aliphatic rings. The van der Waals surface area contributed by atoms with Crippen LogP contribution in [0.25, 0.3) is 0 Å². The summed E-state index contributed by atoms with van der Waals surface area (Å²) in [6.45, 7) is 3.27. The quantitative estimate of drug-likeness (QED) is 0.715. The van der Waals surface area contributed by atoms with E-state index in [9.17, 15) is 4.79 Å². The van der Waals surface area contributed by atoms with Crippen LogP contribution in [0.5, 0.6) is 0 Å². The van der Waals surface area contributed by atoms with Crippen LogP contribution in [0.2, 0.25) is 0 Å². The van der Waals surface area contributed by atoms with Crippen LogP contribution in [0.3, 0.4) is 0 Å².